The third-order valence-electron chi connectivity index (χ3n) is 5.69. The molecule has 4 rings (SSSR count). The quantitative estimate of drug-likeness (QED) is 0.397. The molecule has 31 heavy (non-hydrogen) atoms. The second-order valence-corrected chi connectivity index (χ2v) is 8.40. The smallest absolute Gasteiger partial charge is 0.304 e. The number of carbonyl (C=O) groups excluding carboxylic acids is 1. The molecule has 0 aromatic heterocycles. The van der Waals surface area contributed by atoms with E-state index in [-0.39, 0.29) is 11.4 Å². The van der Waals surface area contributed by atoms with Gasteiger partial charge < -0.3 is 4.74 Å². The van der Waals surface area contributed by atoms with Crippen molar-refractivity contribution in [2.75, 3.05) is 0 Å². The van der Waals surface area contributed by atoms with Crippen LogP contribution >= 0.6 is 0 Å². The minimum Gasteiger partial charge on any atom is -0.441 e. The molecule has 0 saturated heterocycles. The van der Waals surface area contributed by atoms with Crippen LogP contribution in [-0.2, 0) is 21.6 Å². The molecule has 3 aromatic rings. The van der Waals surface area contributed by atoms with Gasteiger partial charge in [0.2, 0.25) is 5.60 Å². The Hall–Kier alpha value is -3.75. The molecule has 0 bridgehead atoms. The predicted octanol–water partition coefficient (Wildman–Crippen LogP) is 5.48. The largest absolute Gasteiger partial charge is 0.441 e. The van der Waals surface area contributed by atoms with Crippen LogP contribution in [0.25, 0.3) is 0 Å². The van der Waals surface area contributed by atoms with Crippen molar-refractivity contribution in [3.63, 3.8) is 0 Å². The van der Waals surface area contributed by atoms with Gasteiger partial charge in [0.05, 0.1) is 0 Å². The highest BCUT2D eigenvalue weighted by Gasteiger charge is 2.54. The monoisotopic (exact) mass is 404 g/mol. The first-order chi connectivity index (χ1) is 14.9. The molecule has 2 heteroatoms. The van der Waals surface area contributed by atoms with E-state index in [9.17, 15) is 4.79 Å². The molecular weight excluding hydrogens is 380 g/mol. The summed E-state index contributed by atoms with van der Waals surface area (Å²) >= 11 is 0. The van der Waals surface area contributed by atoms with Gasteiger partial charge in [-0.05, 0) is 42.2 Å². The molecule has 1 atom stereocenters. The van der Waals surface area contributed by atoms with Gasteiger partial charge in [-0.15, -0.1) is 0 Å². The van der Waals surface area contributed by atoms with Gasteiger partial charge in [0, 0.05) is 34.6 Å². The standard InChI is InChI=1S/C29H24O2/c1-22(30)31-29(27-16-10-9-15-26(27)21-28(29,2)3)20-19-25-14-8-7-13-24(25)18-17-23-11-5-4-6-12-23/h4-16H,21H2,1-3H3. The lowest BCUT2D eigenvalue weighted by Gasteiger charge is -2.36. The van der Waals surface area contributed by atoms with Crippen LogP contribution in [0, 0.1) is 29.1 Å². The minimum atomic E-state index is -1.00. The fourth-order valence-corrected chi connectivity index (χ4v) is 4.17. The Morgan fingerprint density at radius 2 is 1.42 bits per heavy atom. The highest BCUT2D eigenvalue weighted by Crippen LogP contribution is 2.52. The summed E-state index contributed by atoms with van der Waals surface area (Å²) in [5.41, 5.74) is 3.39. The summed E-state index contributed by atoms with van der Waals surface area (Å²) in [5, 5.41) is 0. The van der Waals surface area contributed by atoms with Crippen LogP contribution in [-0.4, -0.2) is 5.97 Å². The van der Waals surface area contributed by atoms with Gasteiger partial charge in [0.15, 0.2) is 0 Å². The van der Waals surface area contributed by atoms with E-state index < -0.39 is 5.60 Å². The van der Waals surface area contributed by atoms with Gasteiger partial charge in [-0.1, -0.05) is 86.2 Å². The summed E-state index contributed by atoms with van der Waals surface area (Å²) in [7, 11) is 0. The van der Waals surface area contributed by atoms with Crippen LogP contribution in [0.5, 0.6) is 0 Å². The maximum Gasteiger partial charge on any atom is 0.304 e. The number of ether oxygens (including phenoxy) is 1. The third-order valence-corrected chi connectivity index (χ3v) is 5.69. The first-order valence-corrected chi connectivity index (χ1v) is 10.4. The van der Waals surface area contributed by atoms with Gasteiger partial charge in [-0.25, -0.2) is 0 Å². The summed E-state index contributed by atoms with van der Waals surface area (Å²) in [6, 6.07) is 25.8. The lowest BCUT2D eigenvalue weighted by Crippen LogP contribution is -2.41. The molecule has 2 nitrogen and oxygen atoms in total. The Morgan fingerprint density at radius 3 is 2.13 bits per heavy atom. The van der Waals surface area contributed by atoms with E-state index in [2.05, 4.69) is 43.6 Å². The van der Waals surface area contributed by atoms with E-state index >= 15 is 0 Å². The fourth-order valence-electron chi connectivity index (χ4n) is 4.17. The van der Waals surface area contributed by atoms with Gasteiger partial charge in [-0.2, -0.15) is 0 Å². The van der Waals surface area contributed by atoms with Gasteiger partial charge in [0.25, 0.3) is 0 Å². The Morgan fingerprint density at radius 1 is 0.806 bits per heavy atom. The summed E-state index contributed by atoms with van der Waals surface area (Å²) < 4.78 is 5.98. The average Bonchev–Trinajstić information content (AvgIpc) is 2.98. The average molecular weight is 405 g/mol. The molecule has 0 heterocycles. The predicted molar refractivity (Wildman–Crippen MR) is 123 cm³/mol. The lowest BCUT2D eigenvalue weighted by molar-refractivity contribution is -0.161. The highest BCUT2D eigenvalue weighted by molar-refractivity contribution is 5.69. The topological polar surface area (TPSA) is 26.3 Å². The number of esters is 1. The second-order valence-electron chi connectivity index (χ2n) is 8.40. The summed E-state index contributed by atoms with van der Waals surface area (Å²) in [6.07, 6.45) is 0.792. The lowest BCUT2D eigenvalue weighted by atomic mass is 9.75. The molecular formula is C29H24O2. The Bertz CT molecular complexity index is 1250. The zero-order chi connectivity index (χ0) is 21.9. The molecule has 0 amide bonds. The fraction of sp³-hybridized carbons (Fsp3) is 0.207. The molecule has 0 fully saturated rings. The van der Waals surface area contributed by atoms with Gasteiger partial charge >= 0.3 is 5.97 Å². The zero-order valence-corrected chi connectivity index (χ0v) is 18.0. The van der Waals surface area contributed by atoms with E-state index in [1.807, 2.05) is 72.8 Å². The molecule has 0 saturated carbocycles. The van der Waals surface area contributed by atoms with Crippen molar-refractivity contribution < 1.29 is 9.53 Å². The molecule has 1 unspecified atom stereocenters. The first kappa shape index (κ1) is 20.5. The van der Waals surface area contributed by atoms with Crippen molar-refractivity contribution in [2.24, 2.45) is 5.41 Å². The number of benzene rings is 3. The molecule has 0 radical (unpaired) electrons. The minimum absolute atomic E-state index is 0.337. The molecule has 3 aromatic carbocycles. The van der Waals surface area contributed by atoms with Crippen molar-refractivity contribution >= 4 is 5.97 Å². The van der Waals surface area contributed by atoms with Gasteiger partial charge in [-0.3, -0.25) is 4.79 Å². The number of hydrogen-bond acceptors (Lipinski definition) is 2. The van der Waals surface area contributed by atoms with E-state index in [0.29, 0.717) is 0 Å². The number of fused-ring (bicyclic) bond motifs is 1. The second kappa shape index (κ2) is 8.17. The maximum atomic E-state index is 12.1. The molecule has 152 valence electrons. The molecule has 1 aliphatic carbocycles. The summed E-state index contributed by atoms with van der Waals surface area (Å²) in [5.74, 6) is 12.8. The Labute approximate surface area is 184 Å². The Kier molecular flexibility index (Phi) is 5.41. The van der Waals surface area contributed by atoms with E-state index in [0.717, 1.165) is 28.7 Å². The molecule has 0 aliphatic heterocycles. The number of hydrogen-bond donors (Lipinski definition) is 0. The van der Waals surface area contributed by atoms with Crippen molar-refractivity contribution in [3.05, 3.63) is 107 Å². The van der Waals surface area contributed by atoms with E-state index in [1.54, 1.807) is 0 Å². The Balaban J connectivity index is 1.81. The number of rotatable bonds is 1. The van der Waals surface area contributed by atoms with Crippen LogP contribution in [0.1, 0.15) is 48.6 Å². The van der Waals surface area contributed by atoms with Crippen molar-refractivity contribution in [3.8, 4) is 23.7 Å². The van der Waals surface area contributed by atoms with Crippen molar-refractivity contribution in [1.29, 1.82) is 0 Å². The highest BCUT2D eigenvalue weighted by atomic mass is 16.6. The van der Waals surface area contributed by atoms with Crippen LogP contribution < -0.4 is 0 Å². The van der Waals surface area contributed by atoms with Crippen molar-refractivity contribution in [1.82, 2.24) is 0 Å². The summed E-state index contributed by atoms with van der Waals surface area (Å²) in [4.78, 5) is 12.1. The van der Waals surface area contributed by atoms with E-state index in [1.165, 1.54) is 12.5 Å². The van der Waals surface area contributed by atoms with Gasteiger partial charge in [0.1, 0.15) is 0 Å². The van der Waals surface area contributed by atoms with Crippen molar-refractivity contribution in [2.45, 2.75) is 32.8 Å². The summed E-state index contributed by atoms with van der Waals surface area (Å²) in [6.45, 7) is 5.65. The zero-order valence-electron chi connectivity index (χ0n) is 18.0. The first-order valence-electron chi connectivity index (χ1n) is 10.4. The molecule has 0 spiro atoms. The van der Waals surface area contributed by atoms with Crippen LogP contribution in [0.2, 0.25) is 0 Å². The SMILES string of the molecule is CC(=O)OC1(C#Cc2ccccc2C#Cc2ccccc2)c2ccccc2CC1(C)C. The molecule has 1 aliphatic rings. The van der Waals surface area contributed by atoms with Crippen LogP contribution in [0.4, 0.5) is 0 Å². The van der Waals surface area contributed by atoms with E-state index in [4.69, 9.17) is 4.74 Å². The van der Waals surface area contributed by atoms with Crippen LogP contribution in [0.3, 0.4) is 0 Å². The third kappa shape index (κ3) is 3.98. The van der Waals surface area contributed by atoms with Crippen LogP contribution in [0.15, 0.2) is 78.9 Å². The number of carbonyl (C=O) groups is 1. The normalized spacial score (nSPS) is 18.0. The maximum absolute atomic E-state index is 12.1. The molecule has 0 N–H and O–H groups in total.